The van der Waals surface area contributed by atoms with Gasteiger partial charge in [0.15, 0.2) is 5.78 Å². The third-order valence-corrected chi connectivity index (χ3v) is 2.15. The van der Waals surface area contributed by atoms with E-state index >= 15 is 0 Å². The molecule has 0 aromatic carbocycles. The summed E-state index contributed by atoms with van der Waals surface area (Å²) in [6.45, 7) is 5.49. The molecule has 0 aromatic heterocycles. The summed E-state index contributed by atoms with van der Waals surface area (Å²) in [7, 11) is 0. The maximum atomic E-state index is 12.1. The lowest BCUT2D eigenvalue weighted by Gasteiger charge is -2.18. The number of hydrogen-bond acceptors (Lipinski definition) is 2. The van der Waals surface area contributed by atoms with Crippen molar-refractivity contribution in [2.75, 3.05) is 0 Å². The molecule has 2 nitrogen and oxygen atoms in total. The molecule has 0 aliphatic heterocycles. The van der Waals surface area contributed by atoms with E-state index in [2.05, 4.69) is 0 Å². The fraction of sp³-hybridized carbons (Fsp3) is 0.800. The second kappa shape index (κ2) is 4.33. The standard InChI is InChI=1S/C10H15F3O2/c1-6(10(11,12)13)7(14)5-8(15)9(2,3)4/h6H,5H2,1-4H3. The molecule has 0 heterocycles. The number of carbonyl (C=O) groups is 2. The van der Waals surface area contributed by atoms with Crippen LogP contribution in [0.2, 0.25) is 0 Å². The van der Waals surface area contributed by atoms with Crippen LogP contribution in [0.1, 0.15) is 34.1 Å². The molecule has 0 saturated carbocycles. The second-order valence-electron chi connectivity index (χ2n) is 4.58. The van der Waals surface area contributed by atoms with Crippen molar-refractivity contribution in [1.82, 2.24) is 0 Å². The predicted molar refractivity (Wildman–Crippen MR) is 49.3 cm³/mol. The van der Waals surface area contributed by atoms with E-state index in [1.807, 2.05) is 0 Å². The number of Topliss-reactive ketones (excluding diaryl/α,β-unsaturated/α-hetero) is 2. The van der Waals surface area contributed by atoms with E-state index in [4.69, 9.17) is 0 Å². The summed E-state index contributed by atoms with van der Waals surface area (Å²) in [5, 5.41) is 0. The van der Waals surface area contributed by atoms with Gasteiger partial charge in [-0.2, -0.15) is 13.2 Å². The predicted octanol–water partition coefficient (Wildman–Crippen LogP) is 2.76. The summed E-state index contributed by atoms with van der Waals surface area (Å²) in [6, 6.07) is 0. The van der Waals surface area contributed by atoms with Crippen LogP contribution in [0.15, 0.2) is 0 Å². The lowest BCUT2D eigenvalue weighted by atomic mass is 9.86. The number of rotatable bonds is 3. The van der Waals surface area contributed by atoms with Crippen molar-refractivity contribution in [2.45, 2.75) is 40.3 Å². The molecule has 15 heavy (non-hydrogen) atoms. The Morgan fingerprint density at radius 1 is 1.13 bits per heavy atom. The molecule has 88 valence electrons. The van der Waals surface area contributed by atoms with Gasteiger partial charge in [-0.15, -0.1) is 0 Å². The average molecular weight is 224 g/mol. The van der Waals surface area contributed by atoms with Gasteiger partial charge in [0.25, 0.3) is 0 Å². The molecule has 0 radical (unpaired) electrons. The van der Waals surface area contributed by atoms with Crippen LogP contribution in [0.5, 0.6) is 0 Å². The van der Waals surface area contributed by atoms with Gasteiger partial charge in [0, 0.05) is 5.41 Å². The third kappa shape index (κ3) is 4.44. The Morgan fingerprint density at radius 2 is 1.53 bits per heavy atom. The van der Waals surface area contributed by atoms with Crippen molar-refractivity contribution >= 4 is 11.6 Å². The van der Waals surface area contributed by atoms with Crippen LogP contribution in [0.3, 0.4) is 0 Å². The Labute approximate surface area is 86.8 Å². The Kier molecular flexibility index (Phi) is 4.08. The summed E-state index contributed by atoms with van der Waals surface area (Å²) in [6.07, 6.45) is -5.21. The first-order valence-electron chi connectivity index (χ1n) is 4.59. The summed E-state index contributed by atoms with van der Waals surface area (Å²) >= 11 is 0. The normalized spacial score (nSPS) is 14.9. The molecule has 0 saturated heterocycles. The van der Waals surface area contributed by atoms with Gasteiger partial charge in [-0.25, -0.2) is 0 Å². The first kappa shape index (κ1) is 14.1. The van der Waals surface area contributed by atoms with Crippen LogP contribution in [0.4, 0.5) is 13.2 Å². The van der Waals surface area contributed by atoms with Gasteiger partial charge in [0.05, 0.1) is 6.42 Å². The first-order chi connectivity index (χ1) is 6.46. The highest BCUT2D eigenvalue weighted by Crippen LogP contribution is 2.28. The SMILES string of the molecule is CC(C(=O)CC(=O)C(C)(C)C)C(F)(F)F. The Balaban J connectivity index is 4.47. The molecule has 0 aliphatic rings. The molecule has 0 aromatic rings. The van der Waals surface area contributed by atoms with E-state index in [0.717, 1.165) is 6.92 Å². The molecule has 0 rings (SSSR count). The number of alkyl halides is 3. The van der Waals surface area contributed by atoms with Gasteiger partial charge < -0.3 is 0 Å². The van der Waals surface area contributed by atoms with E-state index < -0.39 is 35.5 Å². The van der Waals surface area contributed by atoms with Crippen LogP contribution in [0.25, 0.3) is 0 Å². The number of ketones is 2. The van der Waals surface area contributed by atoms with Crippen LogP contribution in [0, 0.1) is 11.3 Å². The number of halogens is 3. The minimum Gasteiger partial charge on any atom is -0.299 e. The van der Waals surface area contributed by atoms with Crippen molar-refractivity contribution in [3.05, 3.63) is 0 Å². The summed E-state index contributed by atoms with van der Waals surface area (Å²) < 4.78 is 36.3. The quantitative estimate of drug-likeness (QED) is 0.691. The maximum Gasteiger partial charge on any atom is 0.398 e. The van der Waals surface area contributed by atoms with Crippen molar-refractivity contribution in [3.63, 3.8) is 0 Å². The Morgan fingerprint density at radius 3 is 1.80 bits per heavy atom. The number of carbonyl (C=O) groups excluding carboxylic acids is 2. The maximum absolute atomic E-state index is 12.1. The van der Waals surface area contributed by atoms with E-state index in [-0.39, 0.29) is 0 Å². The zero-order valence-electron chi connectivity index (χ0n) is 9.23. The molecule has 1 atom stereocenters. The summed E-state index contributed by atoms with van der Waals surface area (Å²) in [4.78, 5) is 22.4. The molecule has 0 bridgehead atoms. The molecule has 5 heteroatoms. The topological polar surface area (TPSA) is 34.1 Å². The fourth-order valence-corrected chi connectivity index (χ4v) is 0.759. The zero-order chi connectivity index (χ0) is 12.4. The molecule has 0 aliphatic carbocycles. The van der Waals surface area contributed by atoms with E-state index in [9.17, 15) is 22.8 Å². The minimum atomic E-state index is -4.56. The Hall–Kier alpha value is -0.870. The largest absolute Gasteiger partial charge is 0.398 e. The number of hydrogen-bond donors (Lipinski definition) is 0. The van der Waals surface area contributed by atoms with Crippen molar-refractivity contribution in [2.24, 2.45) is 11.3 Å². The first-order valence-corrected chi connectivity index (χ1v) is 4.59. The summed E-state index contributed by atoms with van der Waals surface area (Å²) in [5.41, 5.74) is -0.777. The zero-order valence-corrected chi connectivity index (χ0v) is 9.23. The van der Waals surface area contributed by atoms with Gasteiger partial charge in [-0.1, -0.05) is 20.8 Å². The second-order valence-corrected chi connectivity index (χ2v) is 4.58. The van der Waals surface area contributed by atoms with Crippen molar-refractivity contribution in [3.8, 4) is 0 Å². The summed E-state index contributed by atoms with van der Waals surface area (Å²) in [5.74, 6) is -3.60. The van der Waals surface area contributed by atoms with Gasteiger partial charge >= 0.3 is 6.18 Å². The highest BCUT2D eigenvalue weighted by molar-refractivity contribution is 6.02. The monoisotopic (exact) mass is 224 g/mol. The smallest absolute Gasteiger partial charge is 0.299 e. The molecule has 0 N–H and O–H groups in total. The van der Waals surface area contributed by atoms with E-state index in [1.165, 1.54) is 0 Å². The molecular formula is C10H15F3O2. The lowest BCUT2D eigenvalue weighted by molar-refractivity contribution is -0.177. The van der Waals surface area contributed by atoms with Crippen molar-refractivity contribution < 1.29 is 22.8 Å². The van der Waals surface area contributed by atoms with Crippen LogP contribution in [-0.4, -0.2) is 17.7 Å². The molecule has 0 amide bonds. The third-order valence-electron chi connectivity index (χ3n) is 2.15. The fourth-order valence-electron chi connectivity index (χ4n) is 0.759. The van der Waals surface area contributed by atoms with E-state index in [0.29, 0.717) is 0 Å². The van der Waals surface area contributed by atoms with Crippen LogP contribution in [-0.2, 0) is 9.59 Å². The van der Waals surface area contributed by atoms with E-state index in [1.54, 1.807) is 20.8 Å². The molecule has 0 spiro atoms. The minimum absolute atomic E-state index is 0.469. The van der Waals surface area contributed by atoms with Gasteiger partial charge in [0.2, 0.25) is 0 Å². The Bertz CT molecular complexity index is 261. The lowest BCUT2D eigenvalue weighted by Crippen LogP contribution is -2.32. The highest BCUT2D eigenvalue weighted by Gasteiger charge is 2.41. The highest BCUT2D eigenvalue weighted by atomic mass is 19.4. The molecular weight excluding hydrogens is 209 g/mol. The molecule has 1 unspecified atom stereocenters. The van der Waals surface area contributed by atoms with Crippen LogP contribution >= 0.6 is 0 Å². The van der Waals surface area contributed by atoms with Gasteiger partial charge in [0.1, 0.15) is 11.7 Å². The van der Waals surface area contributed by atoms with Gasteiger partial charge in [-0.3, -0.25) is 9.59 Å². The molecule has 0 fully saturated rings. The van der Waals surface area contributed by atoms with Crippen LogP contribution < -0.4 is 0 Å². The average Bonchev–Trinajstić information content (AvgIpc) is 1.99. The van der Waals surface area contributed by atoms with Gasteiger partial charge in [-0.05, 0) is 6.92 Å². The van der Waals surface area contributed by atoms with Crippen molar-refractivity contribution in [1.29, 1.82) is 0 Å².